The number of nitrogens with zero attached hydrogens (tertiary/aromatic N) is 1. The molecule has 0 N–H and O–H groups in total. The average Bonchev–Trinajstić information content (AvgIpc) is 2.72. The summed E-state index contributed by atoms with van der Waals surface area (Å²) in [6.45, 7) is 1.49. The summed E-state index contributed by atoms with van der Waals surface area (Å²) in [7, 11) is 0. The van der Waals surface area contributed by atoms with Gasteiger partial charge in [0.1, 0.15) is 12.4 Å². The molecule has 1 saturated carbocycles. The van der Waals surface area contributed by atoms with Crippen LogP contribution in [0.2, 0.25) is 0 Å². The van der Waals surface area contributed by atoms with Gasteiger partial charge in [-0.15, -0.1) is 0 Å². The predicted octanol–water partition coefficient (Wildman–Crippen LogP) is 5.75. The fourth-order valence-corrected chi connectivity index (χ4v) is 3.94. The van der Waals surface area contributed by atoms with Gasteiger partial charge >= 0.3 is 0 Å². The van der Waals surface area contributed by atoms with E-state index in [0.29, 0.717) is 6.61 Å². The van der Waals surface area contributed by atoms with Crippen LogP contribution in [0.25, 0.3) is 0 Å². The number of fused-ring (bicyclic) bond motifs is 1. The van der Waals surface area contributed by atoms with Crippen molar-refractivity contribution in [3.8, 4) is 5.75 Å². The molecule has 0 radical (unpaired) electrons. The second kappa shape index (κ2) is 8.35. The van der Waals surface area contributed by atoms with E-state index in [9.17, 15) is 0 Å². The summed E-state index contributed by atoms with van der Waals surface area (Å²) in [4.78, 5) is 4.77. The van der Waals surface area contributed by atoms with E-state index in [-0.39, 0.29) is 0 Å². The van der Waals surface area contributed by atoms with Crippen molar-refractivity contribution >= 4 is 5.71 Å². The zero-order chi connectivity index (χ0) is 17.6. The SMILES string of the molecule is C(=CC1CCCCC1)C1=NCCc2cc(OCc3ccccc3)ccc21. The zero-order valence-corrected chi connectivity index (χ0v) is 15.4. The van der Waals surface area contributed by atoms with E-state index in [1.165, 1.54) is 48.8 Å². The lowest BCUT2D eigenvalue weighted by Gasteiger charge is -2.19. The number of benzene rings is 2. The van der Waals surface area contributed by atoms with E-state index in [4.69, 9.17) is 9.73 Å². The Bertz CT molecular complexity index is 785. The molecule has 1 fully saturated rings. The van der Waals surface area contributed by atoms with Crippen molar-refractivity contribution in [2.75, 3.05) is 6.54 Å². The van der Waals surface area contributed by atoms with Crippen LogP contribution in [0.4, 0.5) is 0 Å². The van der Waals surface area contributed by atoms with Crippen molar-refractivity contribution in [2.45, 2.75) is 45.1 Å². The Kier molecular flexibility index (Phi) is 5.49. The van der Waals surface area contributed by atoms with Crippen LogP contribution in [0.5, 0.6) is 5.75 Å². The van der Waals surface area contributed by atoms with Crippen LogP contribution in [0.1, 0.15) is 48.8 Å². The normalized spacial score (nSPS) is 17.8. The lowest BCUT2D eigenvalue weighted by atomic mass is 9.88. The van der Waals surface area contributed by atoms with Crippen LogP contribution in [-0.2, 0) is 13.0 Å². The Morgan fingerprint density at radius 3 is 2.69 bits per heavy atom. The second-order valence-electron chi connectivity index (χ2n) is 7.37. The molecule has 1 heterocycles. The fraction of sp³-hybridized carbons (Fsp3) is 0.375. The maximum atomic E-state index is 5.99. The molecule has 2 nitrogen and oxygen atoms in total. The quantitative estimate of drug-likeness (QED) is 0.676. The number of hydrogen-bond acceptors (Lipinski definition) is 2. The van der Waals surface area contributed by atoms with Crippen LogP contribution < -0.4 is 4.74 Å². The molecule has 0 aromatic heterocycles. The fourth-order valence-electron chi connectivity index (χ4n) is 3.94. The van der Waals surface area contributed by atoms with Gasteiger partial charge in [0.15, 0.2) is 0 Å². The molecule has 2 heteroatoms. The van der Waals surface area contributed by atoms with Crippen molar-refractivity contribution in [2.24, 2.45) is 10.9 Å². The largest absolute Gasteiger partial charge is 0.489 e. The highest BCUT2D eigenvalue weighted by atomic mass is 16.5. The second-order valence-corrected chi connectivity index (χ2v) is 7.37. The molecule has 0 unspecified atom stereocenters. The van der Waals surface area contributed by atoms with Gasteiger partial charge in [-0.2, -0.15) is 0 Å². The third-order valence-corrected chi connectivity index (χ3v) is 5.44. The minimum Gasteiger partial charge on any atom is -0.489 e. The summed E-state index contributed by atoms with van der Waals surface area (Å²) in [6, 6.07) is 16.8. The third-order valence-electron chi connectivity index (χ3n) is 5.44. The van der Waals surface area contributed by atoms with Gasteiger partial charge in [0.2, 0.25) is 0 Å². The van der Waals surface area contributed by atoms with Gasteiger partial charge in [-0.05, 0) is 60.6 Å². The first kappa shape index (κ1) is 17.1. The molecular weight excluding hydrogens is 318 g/mol. The van der Waals surface area contributed by atoms with Crippen molar-refractivity contribution in [3.63, 3.8) is 0 Å². The smallest absolute Gasteiger partial charge is 0.120 e. The number of rotatable bonds is 5. The van der Waals surface area contributed by atoms with E-state index in [1.807, 2.05) is 18.2 Å². The number of hydrogen-bond donors (Lipinski definition) is 0. The summed E-state index contributed by atoms with van der Waals surface area (Å²) < 4.78 is 5.99. The molecule has 0 saturated heterocycles. The van der Waals surface area contributed by atoms with Crippen LogP contribution >= 0.6 is 0 Å². The molecule has 1 aliphatic carbocycles. The average molecular weight is 345 g/mol. The molecule has 134 valence electrons. The molecule has 0 amide bonds. The van der Waals surface area contributed by atoms with E-state index in [2.05, 4.69) is 42.5 Å². The molecule has 2 aromatic rings. The van der Waals surface area contributed by atoms with Gasteiger partial charge in [0.25, 0.3) is 0 Å². The lowest BCUT2D eigenvalue weighted by molar-refractivity contribution is 0.306. The van der Waals surface area contributed by atoms with Gasteiger partial charge in [-0.3, -0.25) is 4.99 Å². The molecule has 0 spiro atoms. The molecule has 0 atom stereocenters. The molecule has 1 aliphatic heterocycles. The molecule has 2 aromatic carbocycles. The Morgan fingerprint density at radius 1 is 1.00 bits per heavy atom. The topological polar surface area (TPSA) is 21.6 Å². The Labute approximate surface area is 156 Å². The molecule has 4 rings (SSSR count). The van der Waals surface area contributed by atoms with E-state index in [1.54, 1.807) is 0 Å². The predicted molar refractivity (Wildman–Crippen MR) is 108 cm³/mol. The van der Waals surface area contributed by atoms with E-state index < -0.39 is 0 Å². The highest BCUT2D eigenvalue weighted by Crippen LogP contribution is 2.26. The third kappa shape index (κ3) is 4.24. The summed E-state index contributed by atoms with van der Waals surface area (Å²) in [5, 5.41) is 0. The van der Waals surface area contributed by atoms with Crippen LogP contribution in [0.3, 0.4) is 0 Å². The van der Waals surface area contributed by atoms with E-state index >= 15 is 0 Å². The summed E-state index contributed by atoms with van der Waals surface area (Å²) >= 11 is 0. The van der Waals surface area contributed by atoms with Gasteiger partial charge in [0.05, 0.1) is 5.71 Å². The maximum Gasteiger partial charge on any atom is 0.120 e. The van der Waals surface area contributed by atoms with Crippen molar-refractivity contribution in [1.29, 1.82) is 0 Å². The number of ether oxygens (including phenoxy) is 1. The highest BCUT2D eigenvalue weighted by Gasteiger charge is 2.15. The molecule has 2 aliphatic rings. The molecular formula is C24H27NO. The Balaban J connectivity index is 1.44. The van der Waals surface area contributed by atoms with Crippen LogP contribution in [-0.4, -0.2) is 12.3 Å². The molecule has 0 bridgehead atoms. The summed E-state index contributed by atoms with van der Waals surface area (Å²) in [6.07, 6.45) is 12.5. The number of aliphatic imine (C=N–C) groups is 1. The summed E-state index contributed by atoms with van der Waals surface area (Å²) in [5.41, 5.74) is 4.97. The van der Waals surface area contributed by atoms with Crippen LogP contribution in [0, 0.1) is 5.92 Å². The zero-order valence-electron chi connectivity index (χ0n) is 15.4. The first-order valence-corrected chi connectivity index (χ1v) is 9.91. The highest BCUT2D eigenvalue weighted by molar-refractivity contribution is 6.10. The van der Waals surface area contributed by atoms with Crippen molar-refractivity contribution < 1.29 is 4.74 Å². The van der Waals surface area contributed by atoms with Crippen LogP contribution in [0.15, 0.2) is 65.7 Å². The Morgan fingerprint density at radius 2 is 1.85 bits per heavy atom. The lowest BCUT2D eigenvalue weighted by Crippen LogP contribution is -2.12. The van der Waals surface area contributed by atoms with Crippen molar-refractivity contribution in [3.05, 3.63) is 77.4 Å². The number of allylic oxidation sites excluding steroid dienone is 2. The van der Waals surface area contributed by atoms with Gasteiger partial charge in [-0.1, -0.05) is 55.7 Å². The van der Waals surface area contributed by atoms with Crippen molar-refractivity contribution in [1.82, 2.24) is 0 Å². The Hall–Kier alpha value is -2.35. The molecule has 26 heavy (non-hydrogen) atoms. The standard InChI is InChI=1S/C24H27NO/c1-3-7-19(8-4-1)11-14-24-23-13-12-22(17-21(23)15-16-25-24)26-18-20-9-5-2-6-10-20/h2,5-6,9-14,17,19H,1,3-4,7-8,15-16,18H2. The maximum absolute atomic E-state index is 5.99. The van der Waals surface area contributed by atoms with Gasteiger partial charge in [-0.25, -0.2) is 0 Å². The first-order chi connectivity index (χ1) is 12.9. The van der Waals surface area contributed by atoms with E-state index in [0.717, 1.165) is 30.3 Å². The monoisotopic (exact) mass is 345 g/mol. The van der Waals surface area contributed by atoms with Gasteiger partial charge < -0.3 is 4.74 Å². The van der Waals surface area contributed by atoms with Gasteiger partial charge in [0, 0.05) is 12.1 Å². The minimum atomic E-state index is 0.613. The first-order valence-electron chi connectivity index (χ1n) is 9.91. The summed E-state index contributed by atoms with van der Waals surface area (Å²) in [5.74, 6) is 1.69. The minimum absolute atomic E-state index is 0.613.